The van der Waals surface area contributed by atoms with Gasteiger partial charge in [-0.15, -0.1) is 0 Å². The van der Waals surface area contributed by atoms with Crippen molar-refractivity contribution in [2.45, 2.75) is 31.9 Å². The van der Waals surface area contributed by atoms with E-state index in [2.05, 4.69) is 58.2 Å². The summed E-state index contributed by atoms with van der Waals surface area (Å²) in [7, 11) is 0. The van der Waals surface area contributed by atoms with Crippen LogP contribution in [0.4, 0.5) is 0 Å². The zero-order chi connectivity index (χ0) is 10.8. The molecule has 0 amide bonds. The van der Waals surface area contributed by atoms with Gasteiger partial charge in [-0.1, -0.05) is 51.6 Å². The van der Waals surface area contributed by atoms with Crippen molar-refractivity contribution >= 4 is 18.7 Å². The largest absolute Gasteiger partial charge is 0.175 e. The first-order valence-corrected chi connectivity index (χ1v) is 5.49. The lowest BCUT2D eigenvalue weighted by Gasteiger charge is -2.20. The molecule has 1 heteroatoms. The van der Waals surface area contributed by atoms with E-state index >= 15 is 0 Å². The van der Waals surface area contributed by atoms with E-state index in [0.717, 1.165) is 5.75 Å². The smallest absolute Gasteiger partial charge is 0.0160 e. The van der Waals surface area contributed by atoms with Gasteiger partial charge in [-0.05, 0) is 22.1 Å². The van der Waals surface area contributed by atoms with Crippen molar-refractivity contribution in [2.24, 2.45) is 0 Å². The van der Waals surface area contributed by atoms with Crippen molar-refractivity contribution in [3.05, 3.63) is 41.5 Å². The maximum absolute atomic E-state index is 4.33. The molecule has 0 spiro atoms. The summed E-state index contributed by atoms with van der Waals surface area (Å²) in [5.41, 5.74) is 4.01. The first-order valence-electron chi connectivity index (χ1n) is 4.85. The molecule has 14 heavy (non-hydrogen) atoms. The van der Waals surface area contributed by atoms with E-state index in [4.69, 9.17) is 0 Å². The zero-order valence-corrected chi connectivity index (χ0v) is 10.1. The SMILES string of the molecule is C=Cc1ccc(C(C)(C)C)cc1CS. The van der Waals surface area contributed by atoms with Crippen LogP contribution in [0.15, 0.2) is 24.8 Å². The second-order valence-corrected chi connectivity index (χ2v) is 4.84. The first-order chi connectivity index (χ1) is 6.49. The van der Waals surface area contributed by atoms with Crippen LogP contribution in [0.5, 0.6) is 0 Å². The molecule has 0 bridgehead atoms. The molecule has 1 aromatic carbocycles. The van der Waals surface area contributed by atoms with Crippen LogP contribution in [0.1, 0.15) is 37.5 Å². The predicted molar refractivity (Wildman–Crippen MR) is 67.9 cm³/mol. The summed E-state index contributed by atoms with van der Waals surface area (Å²) >= 11 is 4.33. The summed E-state index contributed by atoms with van der Waals surface area (Å²) in [5, 5.41) is 0. The predicted octanol–water partition coefficient (Wildman–Crippen LogP) is 4.06. The molecule has 0 aromatic heterocycles. The molecule has 0 N–H and O–H groups in total. The highest BCUT2D eigenvalue weighted by atomic mass is 32.1. The second kappa shape index (κ2) is 4.22. The molecule has 0 saturated heterocycles. The van der Waals surface area contributed by atoms with Crippen molar-refractivity contribution in [1.29, 1.82) is 0 Å². The highest BCUT2D eigenvalue weighted by Crippen LogP contribution is 2.25. The van der Waals surface area contributed by atoms with Gasteiger partial charge in [0.25, 0.3) is 0 Å². The summed E-state index contributed by atoms with van der Waals surface area (Å²) in [6.07, 6.45) is 1.89. The zero-order valence-electron chi connectivity index (χ0n) is 9.17. The molecule has 1 aromatic rings. The van der Waals surface area contributed by atoms with Crippen molar-refractivity contribution in [2.75, 3.05) is 0 Å². The minimum atomic E-state index is 0.206. The Hall–Kier alpha value is -0.690. The number of hydrogen-bond donors (Lipinski definition) is 1. The molecular weight excluding hydrogens is 188 g/mol. The second-order valence-electron chi connectivity index (χ2n) is 4.53. The maximum Gasteiger partial charge on any atom is 0.0160 e. The average molecular weight is 206 g/mol. The minimum Gasteiger partial charge on any atom is -0.175 e. The summed E-state index contributed by atoms with van der Waals surface area (Å²) in [6.45, 7) is 10.5. The summed E-state index contributed by atoms with van der Waals surface area (Å²) in [6, 6.07) is 6.52. The molecule has 0 radical (unpaired) electrons. The van der Waals surface area contributed by atoms with Gasteiger partial charge in [-0.3, -0.25) is 0 Å². The first kappa shape index (κ1) is 11.4. The van der Waals surface area contributed by atoms with Crippen LogP contribution in [-0.2, 0) is 11.2 Å². The van der Waals surface area contributed by atoms with Crippen molar-refractivity contribution < 1.29 is 0 Å². The van der Waals surface area contributed by atoms with Gasteiger partial charge in [0.2, 0.25) is 0 Å². The molecule has 0 saturated carbocycles. The van der Waals surface area contributed by atoms with E-state index in [1.54, 1.807) is 0 Å². The van der Waals surface area contributed by atoms with Crippen molar-refractivity contribution in [3.63, 3.8) is 0 Å². The molecule has 0 atom stereocenters. The lowest BCUT2D eigenvalue weighted by Crippen LogP contribution is -2.11. The highest BCUT2D eigenvalue weighted by Gasteiger charge is 2.14. The Morgan fingerprint density at radius 2 is 2.00 bits per heavy atom. The Morgan fingerprint density at radius 1 is 1.36 bits per heavy atom. The topological polar surface area (TPSA) is 0 Å². The van der Waals surface area contributed by atoms with E-state index in [1.165, 1.54) is 16.7 Å². The highest BCUT2D eigenvalue weighted by molar-refractivity contribution is 7.79. The van der Waals surface area contributed by atoms with Gasteiger partial charge >= 0.3 is 0 Å². The van der Waals surface area contributed by atoms with Crippen molar-refractivity contribution in [1.82, 2.24) is 0 Å². The van der Waals surface area contributed by atoms with Crippen LogP contribution in [0.25, 0.3) is 6.08 Å². The lowest BCUT2D eigenvalue weighted by atomic mass is 9.85. The van der Waals surface area contributed by atoms with Crippen LogP contribution in [0.2, 0.25) is 0 Å². The summed E-state index contributed by atoms with van der Waals surface area (Å²) in [5.74, 6) is 0.769. The van der Waals surface area contributed by atoms with Crippen LogP contribution < -0.4 is 0 Å². The van der Waals surface area contributed by atoms with Gasteiger partial charge in [-0.2, -0.15) is 12.6 Å². The Labute approximate surface area is 92.5 Å². The maximum atomic E-state index is 4.33. The van der Waals surface area contributed by atoms with E-state index in [-0.39, 0.29) is 5.41 Å². The van der Waals surface area contributed by atoms with Gasteiger partial charge < -0.3 is 0 Å². The summed E-state index contributed by atoms with van der Waals surface area (Å²) in [4.78, 5) is 0. The molecule has 0 heterocycles. The van der Waals surface area contributed by atoms with Gasteiger partial charge in [0.15, 0.2) is 0 Å². The number of benzene rings is 1. The number of rotatable bonds is 2. The average Bonchev–Trinajstić information content (AvgIpc) is 2.15. The van der Waals surface area contributed by atoms with Crippen LogP contribution >= 0.6 is 12.6 Å². The quantitative estimate of drug-likeness (QED) is 0.693. The fourth-order valence-electron chi connectivity index (χ4n) is 1.41. The summed E-state index contributed by atoms with van der Waals surface area (Å²) < 4.78 is 0. The minimum absolute atomic E-state index is 0.206. The third-order valence-electron chi connectivity index (χ3n) is 2.40. The molecule has 0 aliphatic rings. The Balaban J connectivity index is 3.21. The van der Waals surface area contributed by atoms with Crippen molar-refractivity contribution in [3.8, 4) is 0 Å². The van der Waals surface area contributed by atoms with Crippen LogP contribution in [0.3, 0.4) is 0 Å². The van der Waals surface area contributed by atoms with Crippen LogP contribution in [-0.4, -0.2) is 0 Å². The van der Waals surface area contributed by atoms with Gasteiger partial charge in [0, 0.05) is 5.75 Å². The van der Waals surface area contributed by atoms with E-state index in [9.17, 15) is 0 Å². The fraction of sp³-hybridized carbons (Fsp3) is 0.385. The Morgan fingerprint density at radius 3 is 2.43 bits per heavy atom. The Bertz CT molecular complexity index is 332. The van der Waals surface area contributed by atoms with E-state index < -0.39 is 0 Å². The standard InChI is InChI=1S/C13H18S/c1-5-10-6-7-12(13(2,3)4)8-11(10)9-14/h5-8,14H,1,9H2,2-4H3. The fourth-order valence-corrected chi connectivity index (χ4v) is 1.68. The molecule has 0 aliphatic heterocycles. The third kappa shape index (κ3) is 2.42. The monoisotopic (exact) mass is 206 g/mol. The Kier molecular flexibility index (Phi) is 3.43. The molecule has 0 fully saturated rings. The van der Waals surface area contributed by atoms with E-state index in [0.29, 0.717) is 0 Å². The number of hydrogen-bond acceptors (Lipinski definition) is 1. The third-order valence-corrected chi connectivity index (χ3v) is 2.74. The van der Waals surface area contributed by atoms with E-state index in [1.807, 2.05) is 6.08 Å². The molecular formula is C13H18S. The van der Waals surface area contributed by atoms with Gasteiger partial charge in [-0.25, -0.2) is 0 Å². The molecule has 0 unspecified atom stereocenters. The van der Waals surface area contributed by atoms with Gasteiger partial charge in [0.05, 0.1) is 0 Å². The molecule has 76 valence electrons. The van der Waals surface area contributed by atoms with Crippen LogP contribution in [0, 0.1) is 0 Å². The molecule has 0 nitrogen and oxygen atoms in total. The normalized spacial score (nSPS) is 11.4. The number of thiol groups is 1. The molecule has 0 aliphatic carbocycles. The lowest BCUT2D eigenvalue weighted by molar-refractivity contribution is 0.589. The molecule has 1 rings (SSSR count). The van der Waals surface area contributed by atoms with Gasteiger partial charge in [0.1, 0.15) is 0 Å².